The van der Waals surface area contributed by atoms with Crippen molar-refractivity contribution >= 4 is 17.4 Å². The maximum absolute atomic E-state index is 13.7. The zero-order valence-corrected chi connectivity index (χ0v) is 15.9. The minimum atomic E-state index is -4.51. The van der Waals surface area contributed by atoms with Crippen molar-refractivity contribution in [3.63, 3.8) is 0 Å². The molecule has 1 aromatic carbocycles. The predicted octanol–water partition coefficient (Wildman–Crippen LogP) is 4.88. The minimum Gasteiger partial charge on any atom is -0.467 e. The summed E-state index contributed by atoms with van der Waals surface area (Å²) in [6.07, 6.45) is 0.861. The maximum Gasteiger partial charge on any atom is 0.410 e. The smallest absolute Gasteiger partial charge is 0.410 e. The molecule has 0 saturated heterocycles. The molecule has 0 saturated carbocycles. The Morgan fingerprint density at radius 2 is 2.07 bits per heavy atom. The predicted molar refractivity (Wildman–Crippen MR) is 103 cm³/mol. The molecule has 1 amide bonds. The summed E-state index contributed by atoms with van der Waals surface area (Å²) in [6.45, 7) is 0. The molecule has 0 fully saturated rings. The lowest BCUT2D eigenvalue weighted by Gasteiger charge is -2.32. The first kappa shape index (κ1) is 18.8. The average Bonchev–Trinajstić information content (AvgIpc) is 3.45. The number of nitrogens with one attached hydrogen (secondary N) is 2. The van der Waals surface area contributed by atoms with Gasteiger partial charge < -0.3 is 15.1 Å². The number of nitrogens with zero attached hydrogens (tertiary/aromatic N) is 2. The van der Waals surface area contributed by atoms with E-state index < -0.39 is 24.2 Å². The maximum atomic E-state index is 13.7. The monoisotopic (exact) mass is 416 g/mol. The van der Waals surface area contributed by atoms with Crippen molar-refractivity contribution in [1.29, 1.82) is 0 Å². The fraction of sp³-hybridized carbons (Fsp3) is 0.333. The highest BCUT2D eigenvalue weighted by molar-refractivity contribution is 6.07. The quantitative estimate of drug-likeness (QED) is 0.639. The van der Waals surface area contributed by atoms with E-state index in [1.54, 1.807) is 12.1 Å². The summed E-state index contributed by atoms with van der Waals surface area (Å²) in [6, 6.07) is 6.38. The van der Waals surface area contributed by atoms with Crippen LogP contribution in [-0.4, -0.2) is 21.9 Å². The van der Waals surface area contributed by atoms with Crippen LogP contribution in [0.2, 0.25) is 0 Å². The van der Waals surface area contributed by atoms with Gasteiger partial charge >= 0.3 is 6.18 Å². The van der Waals surface area contributed by atoms with Gasteiger partial charge in [0.05, 0.1) is 18.5 Å². The van der Waals surface area contributed by atoms with E-state index in [2.05, 4.69) is 15.7 Å². The standard InChI is InChI=1S/C21H19F3N4O2/c22-21(23,24)18-10-16(17-5-2-8-30-17)27-19-15(11-25-28(18)19)20(29)26-14-7-6-12-3-1-4-13(12)9-14/h2,5-9,11,16,18,27H,1,3-4,10H2,(H,26,29)/t16-,18+/m0/s1. The average molecular weight is 416 g/mol. The molecule has 2 aliphatic rings. The van der Waals surface area contributed by atoms with E-state index in [9.17, 15) is 18.0 Å². The number of hydrogen-bond donors (Lipinski definition) is 2. The molecular weight excluding hydrogens is 397 g/mol. The molecule has 156 valence electrons. The van der Waals surface area contributed by atoms with Crippen LogP contribution in [0.5, 0.6) is 0 Å². The zero-order valence-electron chi connectivity index (χ0n) is 15.9. The van der Waals surface area contributed by atoms with Crippen molar-refractivity contribution in [2.45, 2.75) is 43.9 Å². The Balaban J connectivity index is 1.46. The van der Waals surface area contributed by atoms with Gasteiger partial charge in [0.15, 0.2) is 6.04 Å². The van der Waals surface area contributed by atoms with Crippen molar-refractivity contribution in [1.82, 2.24) is 9.78 Å². The number of carbonyl (C=O) groups is 1. The van der Waals surface area contributed by atoms with Crippen LogP contribution >= 0.6 is 0 Å². The largest absolute Gasteiger partial charge is 0.467 e. The second-order valence-electron chi connectivity index (χ2n) is 7.65. The number of rotatable bonds is 3. The summed E-state index contributed by atoms with van der Waals surface area (Å²) in [5, 5.41) is 9.68. The zero-order chi connectivity index (χ0) is 20.9. The third-order valence-electron chi connectivity index (χ3n) is 5.73. The van der Waals surface area contributed by atoms with Crippen LogP contribution in [0.25, 0.3) is 0 Å². The van der Waals surface area contributed by atoms with Crippen LogP contribution < -0.4 is 10.6 Å². The number of aryl methyl sites for hydroxylation is 2. The van der Waals surface area contributed by atoms with Gasteiger partial charge in [0.1, 0.15) is 17.1 Å². The van der Waals surface area contributed by atoms with Gasteiger partial charge in [-0.25, -0.2) is 4.68 Å². The lowest BCUT2D eigenvalue weighted by atomic mass is 10.0. The molecule has 2 atom stereocenters. The molecule has 3 aromatic rings. The van der Waals surface area contributed by atoms with E-state index in [0.717, 1.165) is 23.9 Å². The highest BCUT2D eigenvalue weighted by atomic mass is 19.4. The summed E-state index contributed by atoms with van der Waals surface area (Å²) in [5.41, 5.74) is 3.14. The fourth-order valence-electron chi connectivity index (χ4n) is 4.25. The topological polar surface area (TPSA) is 72.1 Å². The lowest BCUT2D eigenvalue weighted by molar-refractivity contribution is -0.174. The lowest BCUT2D eigenvalue weighted by Crippen LogP contribution is -2.36. The van der Waals surface area contributed by atoms with E-state index in [0.29, 0.717) is 11.4 Å². The minimum absolute atomic E-state index is 0.0311. The molecule has 3 heterocycles. The number of hydrogen-bond acceptors (Lipinski definition) is 4. The number of aromatic nitrogens is 2. The van der Waals surface area contributed by atoms with Gasteiger partial charge in [0, 0.05) is 12.1 Å². The van der Waals surface area contributed by atoms with E-state index >= 15 is 0 Å². The van der Waals surface area contributed by atoms with Crippen LogP contribution in [0.15, 0.2) is 47.2 Å². The van der Waals surface area contributed by atoms with Gasteiger partial charge in [0.2, 0.25) is 0 Å². The fourth-order valence-corrected chi connectivity index (χ4v) is 4.25. The number of furan rings is 1. The molecule has 1 aliphatic heterocycles. The van der Waals surface area contributed by atoms with E-state index in [-0.39, 0.29) is 17.8 Å². The van der Waals surface area contributed by atoms with Crippen molar-refractivity contribution in [3.05, 3.63) is 65.2 Å². The van der Waals surface area contributed by atoms with E-state index in [4.69, 9.17) is 4.42 Å². The first-order valence-corrected chi connectivity index (χ1v) is 9.77. The number of alkyl halides is 3. The normalized spacial score (nSPS) is 20.4. The SMILES string of the molecule is O=C(Nc1ccc2c(c1)CCC2)c1cnn2c1N[C@H](c1ccco1)C[C@@H]2C(F)(F)F. The first-order valence-electron chi connectivity index (χ1n) is 9.77. The van der Waals surface area contributed by atoms with Crippen molar-refractivity contribution < 1.29 is 22.4 Å². The molecule has 9 heteroatoms. The molecule has 0 bridgehead atoms. The van der Waals surface area contributed by atoms with E-state index in [1.165, 1.54) is 23.6 Å². The summed E-state index contributed by atoms with van der Waals surface area (Å²) >= 11 is 0. The van der Waals surface area contributed by atoms with Crippen LogP contribution in [0.1, 0.15) is 52.2 Å². The van der Waals surface area contributed by atoms with Gasteiger partial charge in [-0.1, -0.05) is 6.07 Å². The van der Waals surface area contributed by atoms with Crippen molar-refractivity contribution in [3.8, 4) is 0 Å². The van der Waals surface area contributed by atoms with Crippen molar-refractivity contribution in [2.24, 2.45) is 0 Å². The molecule has 5 rings (SSSR count). The Bertz CT molecular complexity index is 1090. The highest BCUT2D eigenvalue weighted by Gasteiger charge is 2.47. The van der Waals surface area contributed by atoms with Crippen LogP contribution in [0, 0.1) is 0 Å². The summed E-state index contributed by atoms with van der Waals surface area (Å²) in [5.74, 6) is -0.104. The summed E-state index contributed by atoms with van der Waals surface area (Å²) < 4.78 is 47.2. The van der Waals surface area contributed by atoms with Gasteiger partial charge in [-0.05, 0) is 54.7 Å². The number of anilines is 2. The third-order valence-corrected chi connectivity index (χ3v) is 5.73. The second kappa shape index (κ2) is 6.93. The third kappa shape index (κ3) is 3.24. The Morgan fingerprint density at radius 3 is 2.83 bits per heavy atom. The van der Waals surface area contributed by atoms with Crippen molar-refractivity contribution in [2.75, 3.05) is 10.6 Å². The molecule has 0 unspecified atom stereocenters. The van der Waals surface area contributed by atoms with Crippen LogP contribution in [0.4, 0.5) is 24.7 Å². The second-order valence-corrected chi connectivity index (χ2v) is 7.65. The number of benzene rings is 1. The molecule has 1 aliphatic carbocycles. The highest BCUT2D eigenvalue weighted by Crippen LogP contribution is 2.44. The number of halogens is 3. The number of amides is 1. The molecular formula is C21H19F3N4O2. The van der Waals surface area contributed by atoms with Gasteiger partial charge in [-0.3, -0.25) is 4.79 Å². The Morgan fingerprint density at radius 1 is 1.23 bits per heavy atom. The molecule has 2 aromatic heterocycles. The first-order chi connectivity index (χ1) is 14.4. The van der Waals surface area contributed by atoms with E-state index in [1.807, 2.05) is 18.2 Å². The van der Waals surface area contributed by atoms with Gasteiger partial charge in [-0.15, -0.1) is 0 Å². The number of carbonyl (C=O) groups excluding carboxylic acids is 1. The molecule has 2 N–H and O–H groups in total. The van der Waals surface area contributed by atoms with Crippen LogP contribution in [-0.2, 0) is 12.8 Å². The Labute approximate surface area is 170 Å². The molecule has 0 radical (unpaired) electrons. The Hall–Kier alpha value is -3.23. The molecule has 0 spiro atoms. The molecule has 30 heavy (non-hydrogen) atoms. The van der Waals surface area contributed by atoms with Gasteiger partial charge in [-0.2, -0.15) is 18.3 Å². The summed E-state index contributed by atoms with van der Waals surface area (Å²) in [4.78, 5) is 12.9. The van der Waals surface area contributed by atoms with Gasteiger partial charge in [0.25, 0.3) is 5.91 Å². The Kier molecular flexibility index (Phi) is 4.34. The number of fused-ring (bicyclic) bond motifs is 2. The summed E-state index contributed by atoms with van der Waals surface area (Å²) in [7, 11) is 0. The van der Waals surface area contributed by atoms with Crippen LogP contribution in [0.3, 0.4) is 0 Å². The molecule has 6 nitrogen and oxygen atoms in total.